The fourth-order valence-corrected chi connectivity index (χ4v) is 4.36. The molecule has 2 rings (SSSR count). The molecule has 116 valence electrons. The molecule has 2 atom stereocenters. The quantitative estimate of drug-likeness (QED) is 0.804. The van der Waals surface area contributed by atoms with Crippen molar-refractivity contribution in [2.24, 2.45) is 17.1 Å². The zero-order chi connectivity index (χ0) is 15.1. The molecule has 2 aliphatic rings. The maximum Gasteiger partial charge on any atom is 0.410 e. The summed E-state index contributed by atoms with van der Waals surface area (Å²) >= 11 is 0. The van der Waals surface area contributed by atoms with E-state index in [2.05, 4.69) is 13.8 Å². The van der Waals surface area contributed by atoms with Crippen molar-refractivity contribution in [2.75, 3.05) is 6.54 Å². The summed E-state index contributed by atoms with van der Waals surface area (Å²) in [5.74, 6) is 0.828. The van der Waals surface area contributed by atoms with E-state index in [1.807, 2.05) is 25.7 Å². The molecule has 4 heteroatoms. The van der Waals surface area contributed by atoms with E-state index in [0.717, 1.165) is 18.8 Å². The molecule has 2 fully saturated rings. The van der Waals surface area contributed by atoms with Gasteiger partial charge in [0.05, 0.1) is 0 Å². The predicted octanol–water partition coefficient (Wildman–Crippen LogP) is 3.15. The minimum atomic E-state index is -0.448. The van der Waals surface area contributed by atoms with Crippen molar-refractivity contribution in [1.82, 2.24) is 4.90 Å². The van der Waals surface area contributed by atoms with Crippen LogP contribution < -0.4 is 5.73 Å². The molecule has 1 amide bonds. The standard InChI is InChI=1S/C16H30N2O2/c1-11-6-16(7-11)8-12(2)18(13(9-16)10-17)14(19)20-15(3,4)5/h11-13H,6-10,17H2,1-5H3. The zero-order valence-electron chi connectivity index (χ0n) is 13.6. The zero-order valence-corrected chi connectivity index (χ0v) is 13.6. The van der Waals surface area contributed by atoms with Crippen molar-refractivity contribution < 1.29 is 9.53 Å². The number of carbonyl (C=O) groups is 1. The first-order chi connectivity index (χ1) is 9.16. The maximum absolute atomic E-state index is 12.4. The highest BCUT2D eigenvalue weighted by Crippen LogP contribution is 2.55. The number of rotatable bonds is 1. The highest BCUT2D eigenvalue weighted by Gasteiger charge is 2.50. The molecule has 1 saturated carbocycles. The molecule has 0 aromatic carbocycles. The van der Waals surface area contributed by atoms with Crippen LogP contribution in [0.5, 0.6) is 0 Å². The Bertz CT molecular complexity index is 369. The summed E-state index contributed by atoms with van der Waals surface area (Å²) < 4.78 is 5.55. The third-order valence-corrected chi connectivity index (χ3v) is 4.70. The number of likely N-dealkylation sites (tertiary alicyclic amines) is 1. The van der Waals surface area contributed by atoms with Crippen molar-refractivity contribution in [1.29, 1.82) is 0 Å². The molecule has 20 heavy (non-hydrogen) atoms. The lowest BCUT2D eigenvalue weighted by molar-refractivity contribution is -0.0659. The van der Waals surface area contributed by atoms with Gasteiger partial charge in [-0.15, -0.1) is 0 Å². The highest BCUT2D eigenvalue weighted by molar-refractivity contribution is 5.69. The average molecular weight is 282 g/mol. The molecular weight excluding hydrogens is 252 g/mol. The van der Waals surface area contributed by atoms with Gasteiger partial charge in [-0.3, -0.25) is 0 Å². The number of amides is 1. The summed E-state index contributed by atoms with van der Waals surface area (Å²) in [4.78, 5) is 14.3. The monoisotopic (exact) mass is 282 g/mol. The van der Waals surface area contributed by atoms with Crippen LogP contribution in [0, 0.1) is 11.3 Å². The van der Waals surface area contributed by atoms with Crippen molar-refractivity contribution in [3.8, 4) is 0 Å². The van der Waals surface area contributed by atoms with E-state index in [1.54, 1.807) is 0 Å². The van der Waals surface area contributed by atoms with E-state index < -0.39 is 5.60 Å². The summed E-state index contributed by atoms with van der Waals surface area (Å²) in [6, 6.07) is 0.348. The number of nitrogens with zero attached hydrogens (tertiary/aromatic N) is 1. The Kier molecular flexibility index (Phi) is 4.07. The number of ether oxygens (including phenoxy) is 1. The number of hydrogen-bond donors (Lipinski definition) is 1. The van der Waals surface area contributed by atoms with Crippen LogP contribution >= 0.6 is 0 Å². The minimum Gasteiger partial charge on any atom is -0.444 e. The maximum atomic E-state index is 12.4. The summed E-state index contributed by atoms with van der Waals surface area (Å²) in [7, 11) is 0. The third-order valence-electron chi connectivity index (χ3n) is 4.70. The summed E-state index contributed by atoms with van der Waals surface area (Å²) in [5, 5.41) is 0. The molecule has 1 spiro atoms. The van der Waals surface area contributed by atoms with Crippen LogP contribution in [-0.4, -0.2) is 35.2 Å². The molecule has 1 aliphatic heterocycles. The van der Waals surface area contributed by atoms with Gasteiger partial charge in [0.1, 0.15) is 5.60 Å². The lowest BCUT2D eigenvalue weighted by Crippen LogP contribution is -2.60. The van der Waals surface area contributed by atoms with E-state index in [-0.39, 0.29) is 18.2 Å². The van der Waals surface area contributed by atoms with Crippen LogP contribution in [-0.2, 0) is 4.74 Å². The lowest BCUT2D eigenvalue weighted by Gasteiger charge is -2.56. The van der Waals surface area contributed by atoms with Crippen molar-refractivity contribution in [3.05, 3.63) is 0 Å². The Morgan fingerprint density at radius 1 is 1.25 bits per heavy atom. The fraction of sp³-hybridized carbons (Fsp3) is 0.938. The van der Waals surface area contributed by atoms with Crippen LogP contribution in [0.1, 0.15) is 60.3 Å². The van der Waals surface area contributed by atoms with Crippen LogP contribution in [0.3, 0.4) is 0 Å². The summed E-state index contributed by atoms with van der Waals surface area (Å²) in [5.41, 5.74) is 5.93. The molecule has 1 heterocycles. The van der Waals surface area contributed by atoms with Crippen LogP contribution in [0.2, 0.25) is 0 Å². The van der Waals surface area contributed by atoms with Gasteiger partial charge in [-0.2, -0.15) is 0 Å². The molecule has 1 saturated heterocycles. The summed E-state index contributed by atoms with van der Waals surface area (Å²) in [6.07, 6.45) is 4.50. The average Bonchev–Trinajstić information content (AvgIpc) is 2.23. The SMILES string of the molecule is CC1CC2(C1)CC(C)N(C(=O)OC(C)(C)C)C(CN)C2. The van der Waals surface area contributed by atoms with Crippen LogP contribution in [0.15, 0.2) is 0 Å². The molecule has 2 N–H and O–H groups in total. The largest absolute Gasteiger partial charge is 0.444 e. The lowest BCUT2D eigenvalue weighted by atomic mass is 9.55. The predicted molar refractivity (Wildman–Crippen MR) is 80.4 cm³/mol. The Morgan fingerprint density at radius 3 is 2.30 bits per heavy atom. The number of carbonyl (C=O) groups excluding carboxylic acids is 1. The van der Waals surface area contributed by atoms with E-state index in [1.165, 1.54) is 12.8 Å². The Morgan fingerprint density at radius 2 is 1.85 bits per heavy atom. The number of piperidine rings is 1. The normalized spacial score (nSPS) is 37.7. The van der Waals surface area contributed by atoms with E-state index in [0.29, 0.717) is 12.0 Å². The van der Waals surface area contributed by atoms with Gasteiger partial charge in [-0.05, 0) is 64.7 Å². The van der Waals surface area contributed by atoms with Gasteiger partial charge in [0.25, 0.3) is 0 Å². The number of nitrogens with two attached hydrogens (primary N) is 1. The van der Waals surface area contributed by atoms with Gasteiger partial charge in [-0.25, -0.2) is 4.79 Å². The minimum absolute atomic E-state index is 0.126. The fourth-order valence-electron chi connectivity index (χ4n) is 4.36. The number of hydrogen-bond acceptors (Lipinski definition) is 3. The Labute approximate surface area is 123 Å². The molecule has 4 nitrogen and oxygen atoms in total. The van der Waals surface area contributed by atoms with Gasteiger partial charge >= 0.3 is 6.09 Å². The Hall–Kier alpha value is -0.770. The first-order valence-electron chi connectivity index (χ1n) is 7.87. The van der Waals surface area contributed by atoms with Crippen LogP contribution in [0.25, 0.3) is 0 Å². The second-order valence-corrected chi connectivity index (χ2v) is 8.05. The summed E-state index contributed by atoms with van der Waals surface area (Å²) in [6.45, 7) is 10.7. The first kappa shape index (κ1) is 15.6. The molecule has 0 bridgehead atoms. The smallest absolute Gasteiger partial charge is 0.410 e. The van der Waals surface area contributed by atoms with Gasteiger partial charge < -0.3 is 15.4 Å². The molecule has 2 unspecified atom stereocenters. The molecule has 0 aromatic rings. The second kappa shape index (κ2) is 5.21. The second-order valence-electron chi connectivity index (χ2n) is 8.05. The molecular formula is C16H30N2O2. The van der Waals surface area contributed by atoms with E-state index in [9.17, 15) is 4.79 Å². The van der Waals surface area contributed by atoms with Gasteiger partial charge in [0, 0.05) is 18.6 Å². The van der Waals surface area contributed by atoms with Crippen molar-refractivity contribution in [2.45, 2.75) is 78.0 Å². The molecule has 0 radical (unpaired) electrons. The first-order valence-corrected chi connectivity index (χ1v) is 7.87. The Balaban J connectivity index is 2.08. The van der Waals surface area contributed by atoms with Gasteiger partial charge in [0.2, 0.25) is 0 Å². The topological polar surface area (TPSA) is 55.6 Å². The third kappa shape index (κ3) is 3.11. The van der Waals surface area contributed by atoms with Crippen molar-refractivity contribution >= 4 is 6.09 Å². The highest BCUT2D eigenvalue weighted by atomic mass is 16.6. The van der Waals surface area contributed by atoms with Gasteiger partial charge in [-0.1, -0.05) is 6.92 Å². The van der Waals surface area contributed by atoms with Crippen molar-refractivity contribution in [3.63, 3.8) is 0 Å². The van der Waals surface area contributed by atoms with Crippen LogP contribution in [0.4, 0.5) is 4.79 Å². The van der Waals surface area contributed by atoms with E-state index >= 15 is 0 Å². The van der Waals surface area contributed by atoms with Gasteiger partial charge in [0.15, 0.2) is 0 Å². The van der Waals surface area contributed by atoms with E-state index in [4.69, 9.17) is 10.5 Å². The molecule has 1 aliphatic carbocycles. The molecule has 0 aromatic heterocycles.